The van der Waals surface area contributed by atoms with Crippen LogP contribution in [0.1, 0.15) is 16.7 Å². The van der Waals surface area contributed by atoms with Crippen molar-refractivity contribution < 1.29 is 0 Å². The van der Waals surface area contributed by atoms with E-state index in [0.717, 1.165) is 0 Å². The van der Waals surface area contributed by atoms with Crippen molar-refractivity contribution in [2.24, 2.45) is 0 Å². The first-order valence-electron chi connectivity index (χ1n) is 7.04. The Hall–Kier alpha value is -1.29. The maximum atomic E-state index is 4.44. The second kappa shape index (κ2) is 7.32. The molecule has 0 nitrogen and oxygen atoms in total. The first kappa shape index (κ1) is 15.6. The molecule has 0 aromatic heterocycles. The van der Waals surface area contributed by atoms with Crippen LogP contribution in [0.2, 0.25) is 0 Å². The first-order valence-corrected chi connectivity index (χ1v) is 10.2. The fourth-order valence-corrected chi connectivity index (χ4v) is 5.74. The molecule has 3 aromatic carbocycles. The standard InChI is InChI=1S/C19H16S3/c20-22-21-19(16-10-4-1-5-11-16,17-12-6-2-7-13-17)18-14-8-3-9-15-18/h1-15,20H. The van der Waals surface area contributed by atoms with Crippen molar-refractivity contribution >= 4 is 32.3 Å². The van der Waals surface area contributed by atoms with Gasteiger partial charge in [-0.05, 0) is 26.5 Å². The van der Waals surface area contributed by atoms with Crippen molar-refractivity contribution in [3.8, 4) is 0 Å². The Kier molecular flexibility index (Phi) is 5.19. The molecule has 110 valence electrons. The lowest BCUT2D eigenvalue weighted by molar-refractivity contribution is 0.903. The van der Waals surface area contributed by atoms with Gasteiger partial charge in [-0.3, -0.25) is 0 Å². The Morgan fingerprint density at radius 2 is 0.864 bits per heavy atom. The highest BCUT2D eigenvalue weighted by Gasteiger charge is 2.37. The molecular weight excluding hydrogens is 324 g/mol. The van der Waals surface area contributed by atoms with E-state index in [1.165, 1.54) is 26.5 Å². The number of thiol groups is 1. The molecule has 0 radical (unpaired) electrons. The number of benzene rings is 3. The Bertz CT molecular complexity index is 600. The van der Waals surface area contributed by atoms with E-state index < -0.39 is 0 Å². The topological polar surface area (TPSA) is 0 Å². The second-order valence-electron chi connectivity index (χ2n) is 4.94. The average molecular weight is 341 g/mol. The minimum absolute atomic E-state index is 0.268. The minimum Gasteiger partial charge on any atom is -0.0996 e. The third-order valence-corrected chi connectivity index (χ3v) is 6.38. The highest BCUT2D eigenvalue weighted by molar-refractivity contribution is 9.05. The Balaban J connectivity index is 2.29. The quantitative estimate of drug-likeness (QED) is 0.333. The molecule has 0 N–H and O–H groups in total. The highest BCUT2D eigenvalue weighted by atomic mass is 33.5. The molecule has 0 unspecified atom stereocenters. The predicted molar refractivity (Wildman–Crippen MR) is 103 cm³/mol. The highest BCUT2D eigenvalue weighted by Crippen LogP contribution is 2.54. The maximum Gasteiger partial charge on any atom is 0.102 e. The van der Waals surface area contributed by atoms with Crippen molar-refractivity contribution in [2.75, 3.05) is 0 Å². The molecule has 3 rings (SSSR count). The molecule has 22 heavy (non-hydrogen) atoms. The van der Waals surface area contributed by atoms with E-state index in [-0.39, 0.29) is 4.75 Å². The van der Waals surface area contributed by atoms with E-state index in [9.17, 15) is 0 Å². The summed E-state index contributed by atoms with van der Waals surface area (Å²) in [6.45, 7) is 0. The Morgan fingerprint density at radius 1 is 0.545 bits per heavy atom. The number of rotatable bonds is 5. The summed E-state index contributed by atoms with van der Waals surface area (Å²) in [5, 5.41) is 0. The van der Waals surface area contributed by atoms with Crippen molar-refractivity contribution in [1.82, 2.24) is 0 Å². The fourth-order valence-electron chi connectivity index (χ4n) is 2.72. The molecule has 3 aromatic rings. The van der Waals surface area contributed by atoms with E-state index in [1.54, 1.807) is 10.8 Å². The van der Waals surface area contributed by atoms with Crippen molar-refractivity contribution in [3.05, 3.63) is 108 Å². The molecule has 0 bridgehead atoms. The Labute approximate surface area is 144 Å². The van der Waals surface area contributed by atoms with Crippen LogP contribution in [0.25, 0.3) is 0 Å². The Morgan fingerprint density at radius 3 is 1.14 bits per heavy atom. The molecule has 3 heteroatoms. The van der Waals surface area contributed by atoms with Gasteiger partial charge >= 0.3 is 0 Å². The van der Waals surface area contributed by atoms with Gasteiger partial charge in [0.2, 0.25) is 0 Å². The zero-order valence-corrected chi connectivity index (χ0v) is 14.5. The summed E-state index contributed by atoms with van der Waals surface area (Å²) in [4.78, 5) is 0. The van der Waals surface area contributed by atoms with Gasteiger partial charge in [-0.25, -0.2) is 0 Å². The largest absolute Gasteiger partial charge is 0.102 e. The average Bonchev–Trinajstić information content (AvgIpc) is 2.62. The van der Waals surface area contributed by atoms with Crippen LogP contribution < -0.4 is 0 Å². The third-order valence-electron chi connectivity index (χ3n) is 3.70. The van der Waals surface area contributed by atoms with Gasteiger partial charge in [0.25, 0.3) is 0 Å². The van der Waals surface area contributed by atoms with E-state index in [4.69, 9.17) is 0 Å². The molecule has 0 fully saturated rings. The van der Waals surface area contributed by atoms with E-state index >= 15 is 0 Å². The molecule has 0 atom stereocenters. The van der Waals surface area contributed by atoms with Crippen LogP contribution >= 0.6 is 32.3 Å². The zero-order chi connectivity index (χ0) is 15.3. The molecule has 0 saturated heterocycles. The summed E-state index contributed by atoms with van der Waals surface area (Å²) in [5.41, 5.74) is 3.79. The lowest BCUT2D eigenvalue weighted by atomic mass is 9.84. The number of hydrogen-bond donors (Lipinski definition) is 1. The molecule has 0 saturated carbocycles. The summed E-state index contributed by atoms with van der Waals surface area (Å²) in [5.74, 6) is 0. The molecule has 0 heterocycles. The normalized spacial score (nSPS) is 11.3. The van der Waals surface area contributed by atoms with E-state index in [0.29, 0.717) is 0 Å². The van der Waals surface area contributed by atoms with E-state index in [2.05, 4.69) is 103 Å². The molecule has 0 aliphatic carbocycles. The van der Waals surface area contributed by atoms with Crippen LogP contribution in [0, 0.1) is 0 Å². The smallest absolute Gasteiger partial charge is 0.0996 e. The van der Waals surface area contributed by atoms with Gasteiger partial charge in [0, 0.05) is 0 Å². The van der Waals surface area contributed by atoms with Crippen LogP contribution in [0.4, 0.5) is 0 Å². The zero-order valence-electron chi connectivity index (χ0n) is 11.9. The van der Waals surface area contributed by atoms with Crippen molar-refractivity contribution in [1.29, 1.82) is 0 Å². The lowest BCUT2D eigenvalue weighted by Crippen LogP contribution is -2.24. The molecule has 0 spiro atoms. The van der Waals surface area contributed by atoms with E-state index in [1.807, 2.05) is 0 Å². The summed E-state index contributed by atoms with van der Waals surface area (Å²) in [6, 6.07) is 31.9. The van der Waals surface area contributed by atoms with Gasteiger partial charge in [0.15, 0.2) is 0 Å². The third kappa shape index (κ3) is 2.94. The minimum atomic E-state index is -0.268. The predicted octanol–water partition coefficient (Wildman–Crippen LogP) is 6.20. The summed E-state index contributed by atoms with van der Waals surface area (Å²) < 4.78 is -0.268. The van der Waals surface area contributed by atoms with Gasteiger partial charge in [-0.2, -0.15) is 0 Å². The van der Waals surface area contributed by atoms with Gasteiger partial charge in [0.1, 0.15) is 4.75 Å². The van der Waals surface area contributed by atoms with Crippen molar-refractivity contribution in [3.63, 3.8) is 0 Å². The molecule has 0 aliphatic rings. The van der Waals surface area contributed by atoms with Gasteiger partial charge in [-0.1, -0.05) is 113 Å². The van der Waals surface area contributed by atoms with Gasteiger partial charge in [-0.15, -0.1) is 0 Å². The first-order chi connectivity index (χ1) is 10.9. The van der Waals surface area contributed by atoms with Crippen LogP contribution in [-0.2, 0) is 4.75 Å². The molecule has 0 amide bonds. The van der Waals surface area contributed by atoms with Crippen LogP contribution in [0.3, 0.4) is 0 Å². The van der Waals surface area contributed by atoms with Crippen LogP contribution in [0.5, 0.6) is 0 Å². The summed E-state index contributed by atoms with van der Waals surface area (Å²) in [7, 11) is 3.27. The maximum absolute atomic E-state index is 4.44. The second-order valence-corrected chi connectivity index (χ2v) is 8.15. The molecule has 0 aliphatic heterocycles. The van der Waals surface area contributed by atoms with Crippen LogP contribution in [0.15, 0.2) is 91.0 Å². The fraction of sp³-hybridized carbons (Fsp3) is 0.0526. The van der Waals surface area contributed by atoms with Crippen molar-refractivity contribution in [2.45, 2.75) is 4.75 Å². The monoisotopic (exact) mass is 340 g/mol. The SMILES string of the molecule is SSSC(c1ccccc1)(c1ccccc1)c1ccccc1. The summed E-state index contributed by atoms with van der Waals surface area (Å²) >= 11 is 4.44. The lowest BCUT2D eigenvalue weighted by Gasteiger charge is -2.34. The van der Waals surface area contributed by atoms with Gasteiger partial charge < -0.3 is 0 Å². The molecular formula is C19H16S3. The number of hydrogen-bond acceptors (Lipinski definition) is 3. The summed E-state index contributed by atoms with van der Waals surface area (Å²) in [6.07, 6.45) is 0. The van der Waals surface area contributed by atoms with Crippen LogP contribution in [-0.4, -0.2) is 0 Å². The van der Waals surface area contributed by atoms with Gasteiger partial charge in [0.05, 0.1) is 0 Å².